The molecule has 3 rings (SSSR count). The van der Waals surface area contributed by atoms with E-state index in [-0.39, 0.29) is 0 Å². The fourth-order valence-corrected chi connectivity index (χ4v) is 2.29. The fraction of sp³-hybridized carbons (Fsp3) is 0.385. The molecule has 0 atom stereocenters. The van der Waals surface area contributed by atoms with Gasteiger partial charge < -0.3 is 4.90 Å². The van der Waals surface area contributed by atoms with Crippen molar-refractivity contribution < 1.29 is 0 Å². The van der Waals surface area contributed by atoms with E-state index in [4.69, 9.17) is 0 Å². The van der Waals surface area contributed by atoms with E-state index in [1.54, 1.807) is 6.20 Å². The molecule has 5 heteroatoms. The molecule has 18 heavy (non-hydrogen) atoms. The molecule has 0 bridgehead atoms. The van der Waals surface area contributed by atoms with Crippen molar-refractivity contribution >= 4 is 16.9 Å². The second-order valence-corrected chi connectivity index (χ2v) is 4.50. The molecule has 1 aliphatic heterocycles. The second kappa shape index (κ2) is 4.22. The predicted molar refractivity (Wildman–Crippen MR) is 68.2 cm³/mol. The highest BCUT2D eigenvalue weighted by molar-refractivity contribution is 5.79. The van der Waals surface area contributed by atoms with Gasteiger partial charge in [-0.1, -0.05) is 0 Å². The lowest BCUT2D eigenvalue weighted by atomic mass is 10.2. The lowest BCUT2D eigenvalue weighted by Crippen LogP contribution is -2.20. The van der Waals surface area contributed by atoms with Crippen molar-refractivity contribution in [1.29, 1.82) is 5.26 Å². The maximum atomic E-state index is 9.24. The van der Waals surface area contributed by atoms with Crippen LogP contribution in [0.15, 0.2) is 12.3 Å². The molecule has 5 nitrogen and oxygen atoms in total. The van der Waals surface area contributed by atoms with E-state index < -0.39 is 0 Å². The van der Waals surface area contributed by atoms with E-state index in [1.807, 2.05) is 13.0 Å². The Kier molecular flexibility index (Phi) is 2.56. The summed E-state index contributed by atoms with van der Waals surface area (Å²) in [6, 6.07) is 4.05. The molecule has 1 aliphatic rings. The van der Waals surface area contributed by atoms with Gasteiger partial charge in [-0.3, -0.25) is 0 Å². The van der Waals surface area contributed by atoms with Crippen molar-refractivity contribution in [3.05, 3.63) is 23.7 Å². The number of pyridine rings is 1. The molecule has 0 spiro atoms. The van der Waals surface area contributed by atoms with Crippen LogP contribution >= 0.6 is 0 Å². The average Bonchev–Trinajstić information content (AvgIpc) is 2.90. The molecule has 3 heterocycles. The maximum absolute atomic E-state index is 9.24. The first-order valence-corrected chi connectivity index (χ1v) is 6.07. The van der Waals surface area contributed by atoms with Crippen molar-refractivity contribution in [3.8, 4) is 6.07 Å². The third kappa shape index (κ3) is 1.76. The number of rotatable bonds is 1. The average molecular weight is 239 g/mol. The molecular weight excluding hydrogens is 226 g/mol. The monoisotopic (exact) mass is 239 g/mol. The molecule has 0 aliphatic carbocycles. The number of anilines is 1. The molecule has 2 aromatic rings. The van der Waals surface area contributed by atoms with Gasteiger partial charge in [-0.2, -0.15) is 5.26 Å². The third-order valence-electron chi connectivity index (χ3n) is 3.19. The molecule has 0 unspecified atom stereocenters. The summed E-state index contributed by atoms with van der Waals surface area (Å²) in [6.45, 7) is 3.78. The number of nitrogens with zero attached hydrogens (tertiary/aromatic N) is 5. The van der Waals surface area contributed by atoms with E-state index in [9.17, 15) is 5.26 Å². The molecule has 1 saturated heterocycles. The molecule has 1 fully saturated rings. The van der Waals surface area contributed by atoms with Gasteiger partial charge in [-0.05, 0) is 25.8 Å². The molecular formula is C13H13N5. The minimum absolute atomic E-state index is 0.608. The standard InChI is InChI=1S/C13H13N5/c1-9-15-8-11-6-10(7-14)13(17-12(11)16-9)18-4-2-3-5-18/h6,8H,2-5H2,1H3. The van der Waals surface area contributed by atoms with Gasteiger partial charge in [0.05, 0.1) is 5.56 Å². The predicted octanol–water partition coefficient (Wildman–Crippen LogP) is 1.81. The molecule has 0 aromatic carbocycles. The van der Waals surface area contributed by atoms with Crippen LogP contribution in [0.5, 0.6) is 0 Å². The van der Waals surface area contributed by atoms with Crippen molar-refractivity contribution in [2.75, 3.05) is 18.0 Å². The van der Waals surface area contributed by atoms with Gasteiger partial charge in [0.15, 0.2) is 5.65 Å². The van der Waals surface area contributed by atoms with Gasteiger partial charge in [0, 0.05) is 24.7 Å². The smallest absolute Gasteiger partial charge is 0.165 e. The van der Waals surface area contributed by atoms with Gasteiger partial charge in [0.1, 0.15) is 17.7 Å². The number of fused-ring (bicyclic) bond motifs is 1. The van der Waals surface area contributed by atoms with Crippen LogP contribution in [0.2, 0.25) is 0 Å². The maximum Gasteiger partial charge on any atom is 0.165 e. The molecule has 0 radical (unpaired) electrons. The first-order valence-electron chi connectivity index (χ1n) is 6.07. The Balaban J connectivity index is 2.19. The van der Waals surface area contributed by atoms with Gasteiger partial charge in [-0.25, -0.2) is 15.0 Å². The zero-order valence-electron chi connectivity index (χ0n) is 10.2. The molecule has 0 saturated carbocycles. The Morgan fingerprint density at radius 1 is 1.28 bits per heavy atom. The number of hydrogen-bond donors (Lipinski definition) is 0. The normalized spacial score (nSPS) is 15.0. The largest absolute Gasteiger partial charge is 0.355 e. The SMILES string of the molecule is Cc1ncc2cc(C#N)c(N3CCCC3)nc2n1. The Hall–Kier alpha value is -2.22. The summed E-state index contributed by atoms with van der Waals surface area (Å²) in [5, 5.41) is 10.1. The molecule has 90 valence electrons. The summed E-state index contributed by atoms with van der Waals surface area (Å²) in [5.74, 6) is 1.47. The van der Waals surface area contributed by atoms with Crippen LogP contribution < -0.4 is 4.90 Å². The molecule has 2 aromatic heterocycles. The fourth-order valence-electron chi connectivity index (χ4n) is 2.29. The van der Waals surface area contributed by atoms with Crippen LogP contribution in [-0.2, 0) is 0 Å². The zero-order valence-corrected chi connectivity index (χ0v) is 10.2. The Morgan fingerprint density at radius 3 is 2.78 bits per heavy atom. The highest BCUT2D eigenvalue weighted by Gasteiger charge is 2.18. The van der Waals surface area contributed by atoms with Crippen molar-refractivity contribution in [2.45, 2.75) is 19.8 Å². The Morgan fingerprint density at radius 2 is 2.06 bits per heavy atom. The summed E-state index contributed by atoms with van der Waals surface area (Å²) in [7, 11) is 0. The van der Waals surface area contributed by atoms with Crippen molar-refractivity contribution in [1.82, 2.24) is 15.0 Å². The summed E-state index contributed by atoms with van der Waals surface area (Å²) >= 11 is 0. The highest BCUT2D eigenvalue weighted by Crippen LogP contribution is 2.24. The van der Waals surface area contributed by atoms with Crippen LogP contribution in [0.1, 0.15) is 24.2 Å². The summed E-state index contributed by atoms with van der Waals surface area (Å²) < 4.78 is 0. The van der Waals surface area contributed by atoms with E-state index in [2.05, 4.69) is 25.9 Å². The summed E-state index contributed by atoms with van der Waals surface area (Å²) in [6.07, 6.45) is 4.04. The van der Waals surface area contributed by atoms with Crippen LogP contribution in [0, 0.1) is 18.3 Å². The third-order valence-corrected chi connectivity index (χ3v) is 3.19. The van der Waals surface area contributed by atoms with Crippen LogP contribution in [0.3, 0.4) is 0 Å². The Bertz CT molecular complexity index is 638. The van der Waals surface area contributed by atoms with Crippen molar-refractivity contribution in [2.24, 2.45) is 0 Å². The highest BCUT2D eigenvalue weighted by atomic mass is 15.2. The van der Waals surface area contributed by atoms with E-state index in [1.165, 1.54) is 0 Å². The van der Waals surface area contributed by atoms with Crippen LogP contribution in [-0.4, -0.2) is 28.0 Å². The second-order valence-electron chi connectivity index (χ2n) is 4.50. The van der Waals surface area contributed by atoms with Gasteiger partial charge in [-0.15, -0.1) is 0 Å². The van der Waals surface area contributed by atoms with Crippen molar-refractivity contribution in [3.63, 3.8) is 0 Å². The lowest BCUT2D eigenvalue weighted by molar-refractivity contribution is 0.935. The minimum Gasteiger partial charge on any atom is -0.355 e. The van der Waals surface area contributed by atoms with Gasteiger partial charge >= 0.3 is 0 Å². The zero-order chi connectivity index (χ0) is 12.5. The summed E-state index contributed by atoms with van der Waals surface area (Å²) in [4.78, 5) is 15.2. The van der Waals surface area contributed by atoms with Gasteiger partial charge in [0.25, 0.3) is 0 Å². The Labute approximate surface area is 105 Å². The number of hydrogen-bond acceptors (Lipinski definition) is 5. The van der Waals surface area contributed by atoms with Gasteiger partial charge in [0.2, 0.25) is 0 Å². The lowest BCUT2D eigenvalue weighted by Gasteiger charge is -2.17. The number of aromatic nitrogens is 3. The van der Waals surface area contributed by atoms with E-state index >= 15 is 0 Å². The van der Waals surface area contributed by atoms with E-state index in [0.29, 0.717) is 17.0 Å². The van der Waals surface area contributed by atoms with Crippen LogP contribution in [0.25, 0.3) is 11.0 Å². The number of nitriles is 1. The van der Waals surface area contributed by atoms with Crippen LogP contribution in [0.4, 0.5) is 5.82 Å². The van der Waals surface area contributed by atoms with E-state index in [0.717, 1.165) is 37.1 Å². The quantitative estimate of drug-likeness (QED) is 0.759. The first kappa shape index (κ1) is 10.9. The first-order chi connectivity index (χ1) is 8.78. The minimum atomic E-state index is 0.608. The number of aryl methyl sites for hydroxylation is 1. The summed E-state index contributed by atoms with van der Waals surface area (Å²) in [5.41, 5.74) is 1.28. The molecule has 0 N–H and O–H groups in total. The topological polar surface area (TPSA) is 65.7 Å². The molecule has 0 amide bonds.